The molecule has 0 aromatic heterocycles. The number of ether oxygens (including phenoxy) is 2. The number of benzene rings is 2. The van der Waals surface area contributed by atoms with Crippen LogP contribution >= 0.6 is 0 Å². The second-order valence-electron chi connectivity index (χ2n) is 8.17. The molecule has 2 bridgehead atoms. The van der Waals surface area contributed by atoms with Gasteiger partial charge in [0.25, 0.3) is 5.69 Å². The lowest BCUT2D eigenvalue weighted by atomic mass is 9.68. The molecule has 1 heterocycles. The van der Waals surface area contributed by atoms with Gasteiger partial charge in [-0.05, 0) is 60.6 Å². The average Bonchev–Trinajstić information content (AvgIpc) is 3.34. The van der Waals surface area contributed by atoms with Crippen molar-refractivity contribution in [3.8, 4) is 11.5 Å². The van der Waals surface area contributed by atoms with E-state index in [2.05, 4.69) is 11.4 Å². The third kappa shape index (κ3) is 2.40. The number of para-hydroxylation sites is 1. The van der Waals surface area contributed by atoms with E-state index in [0.29, 0.717) is 23.7 Å². The zero-order valence-electron chi connectivity index (χ0n) is 16.1. The van der Waals surface area contributed by atoms with Crippen LogP contribution in [0.3, 0.4) is 0 Å². The Kier molecular flexibility index (Phi) is 3.96. The molecule has 0 amide bonds. The quantitative estimate of drug-likeness (QED) is 0.603. The minimum atomic E-state index is -0.292. The number of fused-ring (bicyclic) bond motifs is 7. The van der Waals surface area contributed by atoms with Crippen molar-refractivity contribution in [2.24, 2.45) is 17.8 Å². The molecule has 2 aliphatic carbocycles. The van der Waals surface area contributed by atoms with Gasteiger partial charge in [0.15, 0.2) is 11.5 Å². The Hall–Kier alpha value is -2.76. The molecule has 2 aromatic carbocycles. The number of nitro benzene ring substituents is 1. The largest absolute Gasteiger partial charge is 0.493 e. The summed E-state index contributed by atoms with van der Waals surface area (Å²) in [5.41, 5.74) is 3.41. The molecule has 0 radical (unpaired) electrons. The Balaban J connectivity index is 1.65. The van der Waals surface area contributed by atoms with Crippen molar-refractivity contribution < 1.29 is 14.4 Å². The molecule has 1 aliphatic heterocycles. The second kappa shape index (κ2) is 6.40. The van der Waals surface area contributed by atoms with Gasteiger partial charge >= 0.3 is 0 Å². The first kappa shape index (κ1) is 17.3. The zero-order valence-corrected chi connectivity index (χ0v) is 16.1. The van der Waals surface area contributed by atoms with Crippen LogP contribution in [0.15, 0.2) is 36.4 Å². The van der Waals surface area contributed by atoms with Crippen LogP contribution in [-0.2, 0) is 0 Å². The molecule has 5 atom stereocenters. The van der Waals surface area contributed by atoms with Crippen molar-refractivity contribution >= 4 is 11.4 Å². The Bertz CT molecular complexity index is 944. The fourth-order valence-electron chi connectivity index (χ4n) is 6.05. The minimum absolute atomic E-state index is 0.110. The van der Waals surface area contributed by atoms with Crippen LogP contribution in [0.5, 0.6) is 11.5 Å². The SMILES string of the molecule is COc1cccc([C@@H]2Nc3ccc([N+](=O)[O-])cc3[C@H]3[C@@H]4CC[C@@H](C4)[C@@H]32)c1OC. The molecule has 5 rings (SSSR count). The van der Waals surface area contributed by atoms with E-state index >= 15 is 0 Å². The first-order chi connectivity index (χ1) is 13.6. The summed E-state index contributed by atoms with van der Waals surface area (Å²) >= 11 is 0. The monoisotopic (exact) mass is 380 g/mol. The topological polar surface area (TPSA) is 73.6 Å². The van der Waals surface area contributed by atoms with Crippen molar-refractivity contribution in [2.45, 2.75) is 31.2 Å². The highest BCUT2D eigenvalue weighted by molar-refractivity contribution is 5.63. The van der Waals surface area contributed by atoms with Gasteiger partial charge in [0, 0.05) is 23.4 Å². The molecule has 0 saturated heterocycles. The number of hydrogen-bond donors (Lipinski definition) is 1. The summed E-state index contributed by atoms with van der Waals surface area (Å²) in [6, 6.07) is 11.4. The molecule has 2 fully saturated rings. The third-order valence-electron chi connectivity index (χ3n) is 7.05. The molecule has 6 nitrogen and oxygen atoms in total. The Morgan fingerprint density at radius 1 is 1.07 bits per heavy atom. The lowest BCUT2D eigenvalue weighted by Crippen LogP contribution is -2.35. The summed E-state index contributed by atoms with van der Waals surface area (Å²) < 4.78 is 11.3. The third-order valence-corrected chi connectivity index (χ3v) is 7.05. The molecule has 6 heteroatoms. The van der Waals surface area contributed by atoms with Crippen molar-refractivity contribution in [2.75, 3.05) is 19.5 Å². The van der Waals surface area contributed by atoms with Crippen molar-refractivity contribution in [1.29, 1.82) is 0 Å². The Morgan fingerprint density at radius 2 is 1.89 bits per heavy atom. The van der Waals surface area contributed by atoms with Gasteiger partial charge in [-0.25, -0.2) is 0 Å². The van der Waals surface area contributed by atoms with Crippen LogP contribution in [0.4, 0.5) is 11.4 Å². The van der Waals surface area contributed by atoms with E-state index in [9.17, 15) is 10.1 Å². The number of anilines is 1. The van der Waals surface area contributed by atoms with Gasteiger partial charge < -0.3 is 14.8 Å². The van der Waals surface area contributed by atoms with Crippen molar-refractivity contribution in [1.82, 2.24) is 0 Å². The number of rotatable bonds is 4. The normalized spacial score (nSPS) is 29.6. The van der Waals surface area contributed by atoms with Crippen LogP contribution in [0.25, 0.3) is 0 Å². The van der Waals surface area contributed by atoms with E-state index in [1.807, 2.05) is 18.2 Å². The number of nitrogens with one attached hydrogen (secondary N) is 1. The molecule has 1 N–H and O–H groups in total. The second-order valence-corrected chi connectivity index (χ2v) is 8.17. The minimum Gasteiger partial charge on any atom is -0.493 e. The Labute approximate surface area is 164 Å². The highest BCUT2D eigenvalue weighted by Gasteiger charge is 2.54. The summed E-state index contributed by atoms with van der Waals surface area (Å²) in [5, 5.41) is 15.0. The molecule has 3 aliphatic rings. The van der Waals surface area contributed by atoms with Gasteiger partial charge in [-0.15, -0.1) is 0 Å². The van der Waals surface area contributed by atoms with Gasteiger partial charge in [-0.1, -0.05) is 12.1 Å². The van der Waals surface area contributed by atoms with Crippen molar-refractivity contribution in [3.63, 3.8) is 0 Å². The molecule has 28 heavy (non-hydrogen) atoms. The summed E-state index contributed by atoms with van der Waals surface area (Å²) in [5.74, 6) is 3.52. The van der Waals surface area contributed by atoms with Crippen LogP contribution in [0, 0.1) is 27.9 Å². The number of methoxy groups -OCH3 is 2. The van der Waals surface area contributed by atoms with E-state index in [1.54, 1.807) is 26.4 Å². The molecule has 0 unspecified atom stereocenters. The van der Waals surface area contributed by atoms with Gasteiger partial charge in [0.1, 0.15) is 0 Å². The first-order valence-electron chi connectivity index (χ1n) is 9.88. The smallest absolute Gasteiger partial charge is 0.269 e. The maximum absolute atomic E-state index is 11.3. The molecule has 146 valence electrons. The fraction of sp³-hybridized carbons (Fsp3) is 0.455. The number of nitro groups is 1. The fourth-order valence-corrected chi connectivity index (χ4v) is 6.05. The zero-order chi connectivity index (χ0) is 19.4. The summed E-state index contributed by atoms with van der Waals surface area (Å²) in [7, 11) is 3.34. The molecular formula is C22H24N2O4. The van der Waals surface area contributed by atoms with Crippen LogP contribution in [0.1, 0.15) is 42.3 Å². The maximum atomic E-state index is 11.3. The highest BCUT2D eigenvalue weighted by Crippen LogP contribution is 2.64. The number of non-ortho nitro benzene ring substituents is 1. The van der Waals surface area contributed by atoms with Gasteiger partial charge in [-0.3, -0.25) is 10.1 Å². The number of hydrogen-bond acceptors (Lipinski definition) is 5. The van der Waals surface area contributed by atoms with E-state index in [4.69, 9.17) is 9.47 Å². The predicted molar refractivity (Wildman–Crippen MR) is 106 cm³/mol. The van der Waals surface area contributed by atoms with E-state index in [-0.39, 0.29) is 16.7 Å². The summed E-state index contributed by atoms with van der Waals surface area (Å²) in [4.78, 5) is 11.0. The van der Waals surface area contributed by atoms with Crippen LogP contribution in [-0.4, -0.2) is 19.1 Å². The van der Waals surface area contributed by atoms with E-state index < -0.39 is 0 Å². The van der Waals surface area contributed by atoms with Crippen LogP contribution in [0.2, 0.25) is 0 Å². The lowest BCUT2D eigenvalue weighted by molar-refractivity contribution is -0.384. The van der Waals surface area contributed by atoms with E-state index in [1.165, 1.54) is 19.3 Å². The molecule has 2 saturated carbocycles. The standard InChI is InChI=1S/C22H24N2O4/c1-27-18-5-3-4-15(22(18)28-2)21-20-13-7-6-12(10-13)19(20)16-11-14(24(25)26)8-9-17(16)23-21/h3-5,8-9,11-13,19-21,23H,6-7,10H2,1-2H3/t12-,13+,19-,20+,21+/m1/s1. The van der Waals surface area contributed by atoms with Crippen LogP contribution < -0.4 is 14.8 Å². The maximum Gasteiger partial charge on any atom is 0.269 e. The summed E-state index contributed by atoms with van der Waals surface area (Å²) in [6.45, 7) is 0. The lowest BCUT2D eigenvalue weighted by Gasteiger charge is -2.43. The van der Waals surface area contributed by atoms with Gasteiger partial charge in [0.2, 0.25) is 0 Å². The highest BCUT2D eigenvalue weighted by atomic mass is 16.6. The van der Waals surface area contributed by atoms with E-state index in [0.717, 1.165) is 28.3 Å². The van der Waals surface area contributed by atoms with Crippen molar-refractivity contribution in [3.05, 3.63) is 57.6 Å². The molecular weight excluding hydrogens is 356 g/mol. The first-order valence-corrected chi connectivity index (χ1v) is 9.88. The molecule has 0 spiro atoms. The average molecular weight is 380 g/mol. The summed E-state index contributed by atoms with van der Waals surface area (Å²) in [6.07, 6.45) is 3.67. The predicted octanol–water partition coefficient (Wildman–Crippen LogP) is 4.91. The van der Waals surface area contributed by atoms with Gasteiger partial charge in [0.05, 0.1) is 25.2 Å². The Morgan fingerprint density at radius 3 is 2.64 bits per heavy atom. The van der Waals surface area contributed by atoms with Gasteiger partial charge in [-0.2, -0.15) is 0 Å². The number of nitrogens with zero attached hydrogens (tertiary/aromatic N) is 1. The molecule has 2 aromatic rings.